The number of fused-ring (bicyclic) bond motifs is 2. The number of carbonyl (C=O) groups excluding carboxylic acids is 3. The van der Waals surface area contributed by atoms with Crippen molar-refractivity contribution in [3.05, 3.63) is 65.5 Å². The molecule has 3 aromatic rings. The molecule has 1 aromatic heterocycles. The summed E-state index contributed by atoms with van der Waals surface area (Å²) in [5.41, 5.74) is 2.09. The number of unbranched alkanes of at least 4 members (excludes halogenated alkanes) is 5. The van der Waals surface area contributed by atoms with Crippen LogP contribution >= 0.6 is 0 Å². The van der Waals surface area contributed by atoms with Crippen molar-refractivity contribution >= 4 is 34.4 Å². The molecule has 0 spiro atoms. The van der Waals surface area contributed by atoms with Gasteiger partial charge in [-0.15, -0.1) is 0 Å². The van der Waals surface area contributed by atoms with E-state index in [1.54, 1.807) is 48.5 Å². The number of hydrogen-bond donors (Lipinski definition) is 1. The van der Waals surface area contributed by atoms with Crippen LogP contribution in [0.5, 0.6) is 0 Å². The molecule has 7 nitrogen and oxygen atoms in total. The summed E-state index contributed by atoms with van der Waals surface area (Å²) in [5.74, 6) is -1.19. The van der Waals surface area contributed by atoms with Crippen LogP contribution in [-0.4, -0.2) is 34.2 Å². The molecule has 4 rings (SSSR count). The topological polar surface area (TPSA) is 92.3 Å². The Bertz CT molecular complexity index is 1100. The van der Waals surface area contributed by atoms with E-state index in [0.717, 1.165) is 17.7 Å². The molecule has 32 heavy (non-hydrogen) atoms. The number of nitrogens with one attached hydrogen (secondary N) is 1. The SMILES string of the molecule is CCCCCCCCNC(=O)c1ccc(N2C(=O)c3nc4ccccc4nc3C2=O)cc1. The molecule has 0 bridgehead atoms. The zero-order valence-corrected chi connectivity index (χ0v) is 18.1. The lowest BCUT2D eigenvalue weighted by molar-refractivity contribution is 0.0920. The third kappa shape index (κ3) is 4.37. The highest BCUT2D eigenvalue weighted by Gasteiger charge is 2.40. The van der Waals surface area contributed by atoms with Crippen LogP contribution in [-0.2, 0) is 0 Å². The lowest BCUT2D eigenvalue weighted by Gasteiger charge is -2.13. The molecule has 2 heterocycles. The highest BCUT2D eigenvalue weighted by molar-refractivity contribution is 6.33. The number of imide groups is 1. The van der Waals surface area contributed by atoms with Gasteiger partial charge in [0.05, 0.1) is 16.7 Å². The molecule has 1 N–H and O–H groups in total. The second kappa shape index (κ2) is 9.68. The molecule has 0 unspecified atom stereocenters. The van der Waals surface area contributed by atoms with Crippen LogP contribution in [0.1, 0.15) is 76.8 Å². The maximum atomic E-state index is 12.9. The average Bonchev–Trinajstić information content (AvgIpc) is 3.06. The number of benzene rings is 2. The first kappa shape index (κ1) is 21.6. The Morgan fingerprint density at radius 3 is 1.97 bits per heavy atom. The second-order valence-corrected chi connectivity index (χ2v) is 7.93. The van der Waals surface area contributed by atoms with Crippen molar-refractivity contribution < 1.29 is 14.4 Å². The number of amides is 3. The predicted octanol–water partition coefficient (Wildman–Crippen LogP) is 4.52. The number of hydrogen-bond acceptors (Lipinski definition) is 5. The van der Waals surface area contributed by atoms with Crippen LogP contribution in [0.15, 0.2) is 48.5 Å². The van der Waals surface area contributed by atoms with Gasteiger partial charge in [0.1, 0.15) is 0 Å². The fourth-order valence-corrected chi connectivity index (χ4v) is 3.81. The van der Waals surface area contributed by atoms with Crippen molar-refractivity contribution in [1.29, 1.82) is 0 Å². The van der Waals surface area contributed by atoms with Crippen LogP contribution in [0.4, 0.5) is 5.69 Å². The van der Waals surface area contributed by atoms with E-state index in [1.807, 2.05) is 0 Å². The second-order valence-electron chi connectivity index (χ2n) is 7.93. The first-order valence-corrected chi connectivity index (χ1v) is 11.1. The molecular weight excluding hydrogens is 404 g/mol. The Labute approximate surface area is 186 Å². The van der Waals surface area contributed by atoms with E-state index >= 15 is 0 Å². The summed E-state index contributed by atoms with van der Waals surface area (Å²) in [6, 6.07) is 13.5. The summed E-state index contributed by atoms with van der Waals surface area (Å²) in [6.45, 7) is 2.82. The third-order valence-electron chi connectivity index (χ3n) is 5.59. The van der Waals surface area contributed by atoms with Gasteiger partial charge in [-0.25, -0.2) is 14.9 Å². The van der Waals surface area contributed by atoms with Gasteiger partial charge in [-0.05, 0) is 42.8 Å². The number of nitrogens with zero attached hydrogens (tertiary/aromatic N) is 3. The van der Waals surface area contributed by atoms with E-state index in [4.69, 9.17) is 0 Å². The first-order valence-electron chi connectivity index (χ1n) is 11.1. The van der Waals surface area contributed by atoms with Crippen LogP contribution in [0, 0.1) is 0 Å². The Morgan fingerprint density at radius 1 is 0.812 bits per heavy atom. The van der Waals surface area contributed by atoms with Crippen molar-refractivity contribution in [3.8, 4) is 0 Å². The first-order chi connectivity index (χ1) is 15.6. The highest BCUT2D eigenvalue weighted by atomic mass is 16.2. The molecule has 0 atom stereocenters. The fourth-order valence-electron chi connectivity index (χ4n) is 3.81. The van der Waals surface area contributed by atoms with E-state index in [-0.39, 0.29) is 17.3 Å². The molecule has 0 fully saturated rings. The summed E-state index contributed by atoms with van der Waals surface area (Å²) in [4.78, 5) is 47.8. The summed E-state index contributed by atoms with van der Waals surface area (Å²) in [5, 5.41) is 2.92. The molecule has 0 aliphatic carbocycles. The van der Waals surface area contributed by atoms with Gasteiger partial charge in [0.2, 0.25) is 0 Å². The van der Waals surface area contributed by atoms with Gasteiger partial charge < -0.3 is 5.32 Å². The Balaban J connectivity index is 1.40. The third-order valence-corrected chi connectivity index (χ3v) is 5.59. The fraction of sp³-hybridized carbons (Fsp3) is 0.320. The number of rotatable bonds is 9. The van der Waals surface area contributed by atoms with E-state index < -0.39 is 11.8 Å². The molecule has 7 heteroatoms. The van der Waals surface area contributed by atoms with E-state index in [1.165, 1.54) is 25.7 Å². The predicted molar refractivity (Wildman–Crippen MR) is 123 cm³/mol. The molecule has 0 saturated heterocycles. The van der Waals surface area contributed by atoms with Crippen molar-refractivity contribution in [2.24, 2.45) is 0 Å². The average molecular weight is 431 g/mol. The summed E-state index contributed by atoms with van der Waals surface area (Å²) in [6.07, 6.45) is 6.97. The van der Waals surface area contributed by atoms with Crippen molar-refractivity contribution in [1.82, 2.24) is 15.3 Å². The maximum absolute atomic E-state index is 12.9. The van der Waals surface area contributed by atoms with Gasteiger partial charge in [0, 0.05) is 12.1 Å². The van der Waals surface area contributed by atoms with E-state index in [9.17, 15) is 14.4 Å². The Kier molecular flexibility index (Phi) is 6.54. The quantitative estimate of drug-likeness (QED) is 0.398. The van der Waals surface area contributed by atoms with E-state index in [2.05, 4.69) is 22.2 Å². The molecule has 1 aliphatic rings. The highest BCUT2D eigenvalue weighted by Crippen LogP contribution is 2.28. The van der Waals surface area contributed by atoms with Crippen molar-refractivity contribution in [2.45, 2.75) is 45.4 Å². The number of carbonyl (C=O) groups is 3. The van der Waals surface area contributed by atoms with Crippen molar-refractivity contribution in [2.75, 3.05) is 11.4 Å². The van der Waals surface area contributed by atoms with Gasteiger partial charge >= 0.3 is 0 Å². The minimum Gasteiger partial charge on any atom is -0.352 e. The van der Waals surface area contributed by atoms with Crippen LogP contribution < -0.4 is 10.2 Å². The Morgan fingerprint density at radius 2 is 1.38 bits per heavy atom. The van der Waals surface area contributed by atoms with Gasteiger partial charge in [0.15, 0.2) is 11.4 Å². The van der Waals surface area contributed by atoms with Gasteiger partial charge in [0.25, 0.3) is 17.7 Å². The van der Waals surface area contributed by atoms with Crippen LogP contribution in [0.2, 0.25) is 0 Å². The Hall–Kier alpha value is -3.61. The summed E-state index contributed by atoms with van der Waals surface area (Å²) < 4.78 is 0. The molecular formula is C25H26N4O3. The summed E-state index contributed by atoms with van der Waals surface area (Å²) >= 11 is 0. The largest absolute Gasteiger partial charge is 0.352 e. The molecule has 3 amide bonds. The molecule has 1 aliphatic heterocycles. The molecule has 0 radical (unpaired) electrons. The number of aromatic nitrogens is 2. The normalized spacial score (nSPS) is 13.0. The molecule has 164 valence electrons. The maximum Gasteiger partial charge on any atom is 0.286 e. The standard InChI is InChI=1S/C25H26N4O3/c1-2-3-4-5-6-9-16-26-23(30)17-12-14-18(15-13-17)29-24(31)21-22(25(29)32)28-20-11-8-7-10-19(20)27-21/h7-8,10-15H,2-6,9,16H2,1H3,(H,26,30). The smallest absolute Gasteiger partial charge is 0.286 e. The lowest BCUT2D eigenvalue weighted by Crippen LogP contribution is -2.30. The van der Waals surface area contributed by atoms with Crippen LogP contribution in [0.25, 0.3) is 11.0 Å². The lowest BCUT2D eigenvalue weighted by atomic mass is 10.1. The van der Waals surface area contributed by atoms with Crippen LogP contribution in [0.3, 0.4) is 0 Å². The zero-order chi connectivity index (χ0) is 22.5. The van der Waals surface area contributed by atoms with Crippen molar-refractivity contribution in [3.63, 3.8) is 0 Å². The monoisotopic (exact) mass is 430 g/mol. The molecule has 2 aromatic carbocycles. The minimum atomic E-state index is -0.511. The van der Waals surface area contributed by atoms with Gasteiger partial charge in [-0.3, -0.25) is 14.4 Å². The number of anilines is 1. The van der Waals surface area contributed by atoms with Gasteiger partial charge in [-0.2, -0.15) is 0 Å². The zero-order valence-electron chi connectivity index (χ0n) is 18.1. The number of para-hydroxylation sites is 2. The van der Waals surface area contributed by atoms with E-state index in [0.29, 0.717) is 28.8 Å². The summed E-state index contributed by atoms with van der Waals surface area (Å²) in [7, 11) is 0. The van der Waals surface area contributed by atoms with Gasteiger partial charge in [-0.1, -0.05) is 51.2 Å². The molecule has 0 saturated carbocycles. The minimum absolute atomic E-state index is 0.0504.